The first-order chi connectivity index (χ1) is 12.7. The van der Waals surface area contributed by atoms with Crippen molar-refractivity contribution >= 4 is 28.1 Å². The molecule has 156 valence electrons. The first kappa shape index (κ1) is 24.0. The predicted molar refractivity (Wildman–Crippen MR) is 113 cm³/mol. The SMILES string of the molecule is COc1ccc(CCNC(C)C(O)c2ccc(O)c(NS(C)(=O)=O)c2)cc1.Cl. The molecule has 0 saturated carbocycles. The van der Waals surface area contributed by atoms with Gasteiger partial charge in [0, 0.05) is 6.04 Å². The van der Waals surface area contributed by atoms with Crippen molar-refractivity contribution in [3.63, 3.8) is 0 Å². The van der Waals surface area contributed by atoms with Gasteiger partial charge in [0.05, 0.1) is 25.2 Å². The molecule has 0 spiro atoms. The number of methoxy groups -OCH3 is 1. The van der Waals surface area contributed by atoms with Crippen LogP contribution in [0.1, 0.15) is 24.2 Å². The Hall–Kier alpha value is -2.00. The van der Waals surface area contributed by atoms with E-state index in [1.54, 1.807) is 13.2 Å². The number of nitrogens with one attached hydrogen (secondary N) is 2. The summed E-state index contributed by atoms with van der Waals surface area (Å²) >= 11 is 0. The molecule has 9 heteroatoms. The van der Waals surface area contributed by atoms with E-state index in [9.17, 15) is 18.6 Å². The van der Waals surface area contributed by atoms with E-state index in [1.165, 1.54) is 12.1 Å². The number of hydrogen-bond donors (Lipinski definition) is 4. The van der Waals surface area contributed by atoms with Crippen LogP contribution in [-0.4, -0.2) is 44.6 Å². The topological polar surface area (TPSA) is 108 Å². The molecule has 0 aliphatic heterocycles. The van der Waals surface area contributed by atoms with Crippen molar-refractivity contribution in [3.05, 3.63) is 53.6 Å². The summed E-state index contributed by atoms with van der Waals surface area (Å²) in [5, 5.41) is 23.6. The molecule has 7 nitrogen and oxygen atoms in total. The second-order valence-electron chi connectivity index (χ2n) is 6.44. The van der Waals surface area contributed by atoms with Crippen LogP contribution in [0.5, 0.6) is 11.5 Å². The summed E-state index contributed by atoms with van der Waals surface area (Å²) in [7, 11) is -1.90. The number of anilines is 1. The van der Waals surface area contributed by atoms with E-state index in [1.807, 2.05) is 31.2 Å². The summed E-state index contributed by atoms with van der Waals surface area (Å²) in [5.41, 5.74) is 1.69. The molecule has 0 bridgehead atoms. The third kappa shape index (κ3) is 7.20. The molecule has 2 unspecified atom stereocenters. The Morgan fingerprint density at radius 3 is 2.36 bits per heavy atom. The lowest BCUT2D eigenvalue weighted by atomic mass is 10.0. The van der Waals surface area contributed by atoms with E-state index >= 15 is 0 Å². The molecule has 0 saturated heterocycles. The summed E-state index contributed by atoms with van der Waals surface area (Å²) < 4.78 is 30.1. The fourth-order valence-electron chi connectivity index (χ4n) is 2.66. The number of halogens is 1. The smallest absolute Gasteiger partial charge is 0.229 e. The predicted octanol–water partition coefficient (Wildman–Crippen LogP) is 2.45. The quantitative estimate of drug-likeness (QED) is 0.455. The maximum Gasteiger partial charge on any atom is 0.229 e. The first-order valence-corrected chi connectivity index (χ1v) is 10.4. The molecule has 2 aromatic rings. The average Bonchev–Trinajstić information content (AvgIpc) is 2.62. The highest BCUT2D eigenvalue weighted by atomic mass is 35.5. The van der Waals surface area contributed by atoms with Crippen molar-refractivity contribution in [2.45, 2.75) is 25.5 Å². The fraction of sp³-hybridized carbons (Fsp3) is 0.368. The van der Waals surface area contributed by atoms with Gasteiger partial charge < -0.3 is 20.3 Å². The maximum absolute atomic E-state index is 11.4. The molecular formula is C19H27ClN2O5S. The van der Waals surface area contributed by atoms with E-state index < -0.39 is 16.1 Å². The molecule has 0 aromatic heterocycles. The molecule has 0 heterocycles. The first-order valence-electron chi connectivity index (χ1n) is 8.54. The molecule has 0 fully saturated rings. The van der Waals surface area contributed by atoms with Crippen molar-refractivity contribution in [1.29, 1.82) is 0 Å². The van der Waals surface area contributed by atoms with Gasteiger partial charge in [-0.3, -0.25) is 4.72 Å². The molecule has 0 amide bonds. The molecule has 28 heavy (non-hydrogen) atoms. The number of aliphatic hydroxyl groups excluding tert-OH is 1. The Balaban J connectivity index is 0.00000392. The van der Waals surface area contributed by atoms with E-state index in [-0.39, 0.29) is 29.9 Å². The summed E-state index contributed by atoms with van der Waals surface area (Å²) in [6.45, 7) is 2.51. The summed E-state index contributed by atoms with van der Waals surface area (Å²) in [4.78, 5) is 0. The molecule has 0 radical (unpaired) electrons. The Morgan fingerprint density at radius 1 is 1.14 bits per heavy atom. The Morgan fingerprint density at radius 2 is 1.79 bits per heavy atom. The van der Waals surface area contributed by atoms with Gasteiger partial charge >= 0.3 is 0 Å². The number of sulfonamides is 1. The van der Waals surface area contributed by atoms with Gasteiger partial charge in [0.25, 0.3) is 0 Å². The van der Waals surface area contributed by atoms with E-state index in [4.69, 9.17) is 4.74 Å². The number of aliphatic hydroxyl groups is 1. The summed E-state index contributed by atoms with van der Waals surface area (Å²) in [5.74, 6) is 0.609. The van der Waals surface area contributed by atoms with Crippen molar-refractivity contribution < 1.29 is 23.4 Å². The zero-order valence-corrected chi connectivity index (χ0v) is 17.7. The third-order valence-corrected chi connectivity index (χ3v) is 4.76. The second-order valence-corrected chi connectivity index (χ2v) is 8.18. The minimum atomic E-state index is -3.53. The van der Waals surface area contributed by atoms with Crippen LogP contribution in [0.4, 0.5) is 5.69 Å². The van der Waals surface area contributed by atoms with Crippen LogP contribution in [-0.2, 0) is 16.4 Å². The molecule has 2 aromatic carbocycles. The highest BCUT2D eigenvalue weighted by molar-refractivity contribution is 7.92. The van der Waals surface area contributed by atoms with Gasteiger partial charge in [-0.05, 0) is 55.3 Å². The molecule has 2 atom stereocenters. The maximum atomic E-state index is 11.4. The molecule has 4 N–H and O–H groups in total. The lowest BCUT2D eigenvalue weighted by Crippen LogP contribution is -2.33. The van der Waals surface area contributed by atoms with Gasteiger partial charge in [-0.1, -0.05) is 18.2 Å². The van der Waals surface area contributed by atoms with Crippen LogP contribution in [0.25, 0.3) is 0 Å². The minimum absolute atomic E-state index is 0. The lowest BCUT2D eigenvalue weighted by molar-refractivity contribution is 0.136. The second kappa shape index (κ2) is 10.5. The van der Waals surface area contributed by atoms with Gasteiger partial charge in [-0.2, -0.15) is 0 Å². The summed E-state index contributed by atoms with van der Waals surface area (Å²) in [6, 6.07) is 11.9. The van der Waals surface area contributed by atoms with Gasteiger partial charge in [-0.25, -0.2) is 8.42 Å². The minimum Gasteiger partial charge on any atom is -0.506 e. The average molecular weight is 431 g/mol. The normalized spacial score (nSPS) is 13.3. The standard InChI is InChI=1S/C19H26N2O5S.ClH/c1-13(20-11-10-14-4-7-16(26-2)8-5-14)19(23)15-6-9-18(22)17(12-15)21-27(3,24)25;/h4-9,12-13,19-23H,10-11H2,1-3H3;1H. The number of aromatic hydroxyl groups is 1. The van der Waals surface area contributed by atoms with Crippen molar-refractivity contribution in [3.8, 4) is 11.5 Å². The van der Waals surface area contributed by atoms with Crippen molar-refractivity contribution in [2.24, 2.45) is 0 Å². The number of ether oxygens (including phenoxy) is 1. The number of phenols is 1. The van der Waals surface area contributed by atoms with Crippen LogP contribution in [0.2, 0.25) is 0 Å². The van der Waals surface area contributed by atoms with Gasteiger partial charge in [-0.15, -0.1) is 12.4 Å². The molecule has 2 rings (SSSR count). The van der Waals surface area contributed by atoms with E-state index in [2.05, 4.69) is 10.0 Å². The number of hydrogen-bond acceptors (Lipinski definition) is 6. The Kier molecular flexibility index (Phi) is 9.03. The fourth-order valence-corrected chi connectivity index (χ4v) is 3.22. The van der Waals surface area contributed by atoms with Crippen LogP contribution in [0.3, 0.4) is 0 Å². The van der Waals surface area contributed by atoms with Crippen LogP contribution < -0.4 is 14.8 Å². The van der Waals surface area contributed by atoms with Crippen LogP contribution in [0.15, 0.2) is 42.5 Å². The third-order valence-electron chi connectivity index (χ3n) is 4.17. The molecule has 0 aliphatic carbocycles. The Bertz CT molecular complexity index is 859. The monoisotopic (exact) mass is 430 g/mol. The highest BCUT2D eigenvalue weighted by Crippen LogP contribution is 2.29. The van der Waals surface area contributed by atoms with Crippen LogP contribution in [0, 0.1) is 0 Å². The highest BCUT2D eigenvalue weighted by Gasteiger charge is 2.18. The van der Waals surface area contributed by atoms with E-state index in [0.717, 1.165) is 24.0 Å². The summed E-state index contributed by atoms with van der Waals surface area (Å²) in [6.07, 6.45) is 0.928. The van der Waals surface area contributed by atoms with Gasteiger partial charge in [0.15, 0.2) is 0 Å². The molecular weight excluding hydrogens is 404 g/mol. The van der Waals surface area contributed by atoms with Gasteiger partial charge in [0.1, 0.15) is 11.5 Å². The van der Waals surface area contributed by atoms with Crippen molar-refractivity contribution in [1.82, 2.24) is 5.32 Å². The zero-order valence-electron chi connectivity index (χ0n) is 16.0. The number of rotatable bonds is 9. The number of benzene rings is 2. The number of phenolic OH excluding ortho intramolecular Hbond substituents is 1. The molecule has 0 aliphatic rings. The largest absolute Gasteiger partial charge is 0.506 e. The van der Waals surface area contributed by atoms with Crippen LogP contribution >= 0.6 is 12.4 Å². The lowest BCUT2D eigenvalue weighted by Gasteiger charge is -2.21. The zero-order chi connectivity index (χ0) is 20.0. The van der Waals surface area contributed by atoms with E-state index in [0.29, 0.717) is 12.1 Å². The Labute approximate surface area is 172 Å². The van der Waals surface area contributed by atoms with Crippen molar-refractivity contribution in [2.75, 3.05) is 24.6 Å². The van der Waals surface area contributed by atoms with Gasteiger partial charge in [0.2, 0.25) is 10.0 Å².